The molecule has 2 aromatic rings. The Bertz CT molecular complexity index is 1070. The lowest BCUT2D eigenvalue weighted by atomic mass is 9.76. The molecule has 0 radical (unpaired) electrons. The van der Waals surface area contributed by atoms with Gasteiger partial charge in [0.05, 0.1) is 24.1 Å². The Hall–Kier alpha value is -3.02. The standard InChI is InChI=1S/C28H35N3O3/c1-18(2)34-22-10-6-9-21(16-22)19(3)29-28(33)31-14-7-12-24-26(31)17-25-23-11-5-4-8-20(23)13-15-30(25)27(24)32/h4-6,8-11,16,18-19,24-26H,7,12-15,17H2,1-3H3,(H,29,33)/t19-,24-,25+,26-/m1/s1. The molecular weight excluding hydrogens is 426 g/mol. The van der Waals surface area contributed by atoms with Gasteiger partial charge in [0.15, 0.2) is 0 Å². The molecule has 3 aliphatic rings. The van der Waals surface area contributed by atoms with Crippen molar-refractivity contribution in [2.24, 2.45) is 5.92 Å². The van der Waals surface area contributed by atoms with E-state index in [9.17, 15) is 9.59 Å². The van der Waals surface area contributed by atoms with Gasteiger partial charge in [0, 0.05) is 19.1 Å². The van der Waals surface area contributed by atoms with Gasteiger partial charge in [-0.2, -0.15) is 0 Å². The maximum Gasteiger partial charge on any atom is 0.318 e. The maximum absolute atomic E-state index is 13.5. The fraction of sp³-hybridized carbons (Fsp3) is 0.500. The molecule has 0 aromatic heterocycles. The van der Waals surface area contributed by atoms with Crippen molar-refractivity contribution >= 4 is 11.9 Å². The van der Waals surface area contributed by atoms with Crippen LogP contribution in [0.2, 0.25) is 0 Å². The number of amides is 3. The van der Waals surface area contributed by atoms with Gasteiger partial charge in [-0.1, -0.05) is 36.4 Å². The van der Waals surface area contributed by atoms with Crippen molar-refractivity contribution in [1.82, 2.24) is 15.1 Å². The number of ether oxygens (including phenoxy) is 1. The third kappa shape index (κ3) is 4.26. The Balaban J connectivity index is 1.33. The normalized spacial score (nSPS) is 24.7. The van der Waals surface area contributed by atoms with Crippen molar-refractivity contribution in [2.45, 2.75) is 70.7 Å². The minimum Gasteiger partial charge on any atom is -0.491 e. The van der Waals surface area contributed by atoms with E-state index in [-0.39, 0.29) is 42.1 Å². The molecule has 0 spiro atoms. The van der Waals surface area contributed by atoms with Crippen LogP contribution in [0.1, 0.15) is 68.8 Å². The number of fused-ring (bicyclic) bond motifs is 4. The molecule has 3 aliphatic heterocycles. The van der Waals surface area contributed by atoms with Crippen LogP contribution in [-0.4, -0.2) is 47.0 Å². The monoisotopic (exact) mass is 461 g/mol. The highest BCUT2D eigenvalue weighted by Gasteiger charge is 2.48. The average Bonchev–Trinajstić information content (AvgIpc) is 2.83. The van der Waals surface area contributed by atoms with E-state index >= 15 is 0 Å². The van der Waals surface area contributed by atoms with E-state index < -0.39 is 0 Å². The van der Waals surface area contributed by atoms with Gasteiger partial charge < -0.3 is 19.9 Å². The largest absolute Gasteiger partial charge is 0.491 e. The van der Waals surface area contributed by atoms with Gasteiger partial charge in [0.1, 0.15) is 5.75 Å². The Morgan fingerprint density at radius 2 is 1.91 bits per heavy atom. The van der Waals surface area contributed by atoms with Crippen LogP contribution in [0, 0.1) is 5.92 Å². The summed E-state index contributed by atoms with van der Waals surface area (Å²) in [5.41, 5.74) is 3.59. The van der Waals surface area contributed by atoms with Gasteiger partial charge in [0.25, 0.3) is 0 Å². The molecule has 1 N–H and O–H groups in total. The zero-order valence-electron chi connectivity index (χ0n) is 20.4. The summed E-state index contributed by atoms with van der Waals surface area (Å²) in [6.07, 6.45) is 3.55. The quantitative estimate of drug-likeness (QED) is 0.708. The van der Waals surface area contributed by atoms with Crippen molar-refractivity contribution in [1.29, 1.82) is 0 Å². The second-order valence-corrected chi connectivity index (χ2v) is 10.2. The number of hydrogen-bond acceptors (Lipinski definition) is 3. The number of carbonyl (C=O) groups excluding carboxylic acids is 2. The summed E-state index contributed by atoms with van der Waals surface area (Å²) in [5.74, 6) is 0.930. The number of rotatable bonds is 4. The molecule has 0 unspecified atom stereocenters. The molecule has 2 saturated heterocycles. The van der Waals surface area contributed by atoms with Crippen LogP contribution in [0.15, 0.2) is 48.5 Å². The van der Waals surface area contributed by atoms with Crippen LogP contribution < -0.4 is 10.1 Å². The molecule has 180 valence electrons. The second-order valence-electron chi connectivity index (χ2n) is 10.2. The molecule has 5 rings (SSSR count). The minimum atomic E-state index is -0.158. The molecule has 6 heteroatoms. The summed E-state index contributed by atoms with van der Waals surface area (Å²) >= 11 is 0. The number of benzene rings is 2. The smallest absolute Gasteiger partial charge is 0.318 e. The molecule has 0 saturated carbocycles. The maximum atomic E-state index is 13.5. The average molecular weight is 462 g/mol. The van der Waals surface area contributed by atoms with Gasteiger partial charge in [-0.05, 0) is 75.3 Å². The van der Waals surface area contributed by atoms with Crippen molar-refractivity contribution in [2.75, 3.05) is 13.1 Å². The van der Waals surface area contributed by atoms with E-state index in [1.165, 1.54) is 11.1 Å². The van der Waals surface area contributed by atoms with Gasteiger partial charge >= 0.3 is 6.03 Å². The van der Waals surface area contributed by atoms with Gasteiger partial charge in [-0.15, -0.1) is 0 Å². The van der Waals surface area contributed by atoms with Crippen LogP contribution >= 0.6 is 0 Å². The van der Waals surface area contributed by atoms with Crippen LogP contribution in [0.5, 0.6) is 5.75 Å². The minimum absolute atomic E-state index is 0.0588. The van der Waals surface area contributed by atoms with E-state index in [0.717, 1.165) is 43.5 Å². The molecule has 0 aliphatic carbocycles. The molecule has 3 amide bonds. The number of piperidine rings is 2. The van der Waals surface area contributed by atoms with Crippen LogP contribution in [0.3, 0.4) is 0 Å². The second kappa shape index (κ2) is 9.32. The topological polar surface area (TPSA) is 61.9 Å². The molecule has 6 nitrogen and oxygen atoms in total. The number of carbonyl (C=O) groups is 2. The SMILES string of the molecule is CC(C)Oc1cccc([C@@H](C)NC(=O)N2CCC[C@H]3C(=O)N4CCc5ccccc5[C@@H]4C[C@H]32)c1. The Morgan fingerprint density at radius 1 is 1.09 bits per heavy atom. The lowest BCUT2D eigenvalue weighted by molar-refractivity contribution is -0.148. The molecule has 3 heterocycles. The first kappa shape index (κ1) is 22.8. The first-order valence-electron chi connectivity index (χ1n) is 12.6. The number of urea groups is 1. The zero-order chi connectivity index (χ0) is 23.8. The molecule has 0 bridgehead atoms. The highest BCUT2D eigenvalue weighted by molar-refractivity contribution is 5.83. The first-order valence-corrected chi connectivity index (χ1v) is 12.6. The molecule has 34 heavy (non-hydrogen) atoms. The van der Waals surface area contributed by atoms with E-state index in [0.29, 0.717) is 6.54 Å². The summed E-state index contributed by atoms with van der Waals surface area (Å²) < 4.78 is 5.82. The molecule has 2 fully saturated rings. The van der Waals surface area contributed by atoms with E-state index in [1.807, 2.05) is 49.9 Å². The Labute approximate surface area is 202 Å². The Morgan fingerprint density at radius 3 is 2.74 bits per heavy atom. The lowest BCUT2D eigenvalue weighted by Gasteiger charge is -2.51. The number of nitrogens with zero attached hydrogens (tertiary/aromatic N) is 2. The summed E-state index contributed by atoms with van der Waals surface area (Å²) in [6.45, 7) is 7.47. The van der Waals surface area contributed by atoms with Crippen molar-refractivity contribution in [3.05, 3.63) is 65.2 Å². The van der Waals surface area contributed by atoms with E-state index in [1.54, 1.807) is 0 Å². The van der Waals surface area contributed by atoms with Gasteiger partial charge in [-0.25, -0.2) is 4.79 Å². The third-order valence-corrected chi connectivity index (χ3v) is 7.59. The molecular formula is C28H35N3O3. The zero-order valence-corrected chi connectivity index (χ0v) is 20.4. The number of hydrogen-bond donors (Lipinski definition) is 1. The van der Waals surface area contributed by atoms with Crippen molar-refractivity contribution in [3.8, 4) is 5.75 Å². The predicted molar refractivity (Wildman–Crippen MR) is 132 cm³/mol. The van der Waals surface area contributed by atoms with Crippen LogP contribution in [0.25, 0.3) is 0 Å². The Kier molecular flexibility index (Phi) is 6.24. The summed E-state index contributed by atoms with van der Waals surface area (Å²) in [6, 6.07) is 16.1. The first-order chi connectivity index (χ1) is 16.4. The van der Waals surface area contributed by atoms with Crippen molar-refractivity contribution < 1.29 is 14.3 Å². The fourth-order valence-electron chi connectivity index (χ4n) is 5.98. The van der Waals surface area contributed by atoms with Crippen LogP contribution in [-0.2, 0) is 11.2 Å². The van der Waals surface area contributed by atoms with E-state index in [2.05, 4.69) is 34.5 Å². The highest BCUT2D eigenvalue weighted by Crippen LogP contribution is 2.43. The summed E-state index contributed by atoms with van der Waals surface area (Å²) in [5, 5.41) is 3.19. The fourth-order valence-corrected chi connectivity index (χ4v) is 5.98. The van der Waals surface area contributed by atoms with Gasteiger partial charge in [0.2, 0.25) is 5.91 Å². The number of likely N-dealkylation sites (tertiary alicyclic amines) is 1. The number of nitrogens with one attached hydrogen (secondary N) is 1. The predicted octanol–water partition coefficient (Wildman–Crippen LogP) is 4.85. The van der Waals surface area contributed by atoms with E-state index in [4.69, 9.17) is 4.74 Å². The molecule has 4 atom stereocenters. The highest BCUT2D eigenvalue weighted by atomic mass is 16.5. The lowest BCUT2D eigenvalue weighted by Crippen LogP contribution is -2.61. The summed E-state index contributed by atoms with van der Waals surface area (Å²) in [7, 11) is 0. The van der Waals surface area contributed by atoms with Crippen molar-refractivity contribution in [3.63, 3.8) is 0 Å². The van der Waals surface area contributed by atoms with Crippen LogP contribution in [0.4, 0.5) is 4.79 Å². The summed E-state index contributed by atoms with van der Waals surface area (Å²) in [4.78, 5) is 31.0. The third-order valence-electron chi connectivity index (χ3n) is 7.59. The van der Waals surface area contributed by atoms with Gasteiger partial charge in [-0.3, -0.25) is 4.79 Å². The molecule has 2 aromatic carbocycles.